The summed E-state index contributed by atoms with van der Waals surface area (Å²) in [6.45, 7) is 4.25. The second kappa shape index (κ2) is 11.7. The summed E-state index contributed by atoms with van der Waals surface area (Å²) in [5.41, 5.74) is -2.47. The quantitative estimate of drug-likeness (QED) is 0.342. The smallest absolute Gasteiger partial charge is 0.368 e. The number of likely N-dealkylation sites (tertiary alicyclic amines) is 1. The molecule has 3 heterocycles. The fourth-order valence-corrected chi connectivity index (χ4v) is 7.03. The van der Waals surface area contributed by atoms with Crippen LogP contribution in [0.5, 0.6) is 0 Å². The molecule has 3 aliphatic rings. The average Bonchev–Trinajstić information content (AvgIpc) is 3.30. The van der Waals surface area contributed by atoms with E-state index in [0.717, 1.165) is 12.8 Å². The van der Waals surface area contributed by atoms with Crippen molar-refractivity contribution in [2.75, 3.05) is 19.6 Å². The highest BCUT2D eigenvalue weighted by Crippen LogP contribution is 2.47. The molecule has 43 heavy (non-hydrogen) atoms. The fourth-order valence-electron chi connectivity index (χ4n) is 7.03. The van der Waals surface area contributed by atoms with Gasteiger partial charge in [0.1, 0.15) is 5.82 Å². The zero-order chi connectivity index (χ0) is 31.3. The number of alkyl halides is 6. The molecular weight excluding hydrogens is 581 g/mol. The van der Waals surface area contributed by atoms with E-state index in [2.05, 4.69) is 0 Å². The number of hydrogen-bond acceptors (Lipinski definition) is 3. The van der Waals surface area contributed by atoms with Crippen LogP contribution in [0.15, 0.2) is 42.5 Å². The van der Waals surface area contributed by atoms with E-state index in [1.54, 1.807) is 21.9 Å². The number of ether oxygens (including phenoxy) is 1. The highest BCUT2D eigenvalue weighted by Gasteiger charge is 2.50. The van der Waals surface area contributed by atoms with Crippen molar-refractivity contribution in [1.29, 1.82) is 0 Å². The number of carbonyl (C=O) groups excluding carboxylic acids is 2. The van der Waals surface area contributed by atoms with Gasteiger partial charge in [0.2, 0.25) is 11.8 Å². The van der Waals surface area contributed by atoms with E-state index in [0.29, 0.717) is 43.6 Å². The van der Waals surface area contributed by atoms with Gasteiger partial charge in [0.05, 0.1) is 23.3 Å². The van der Waals surface area contributed by atoms with Gasteiger partial charge in [-0.1, -0.05) is 12.1 Å². The molecule has 234 valence electrons. The molecule has 0 aliphatic carbocycles. The largest absolute Gasteiger partial charge is 0.416 e. The first kappa shape index (κ1) is 31.3. The average molecular weight is 615 g/mol. The first-order valence-corrected chi connectivity index (χ1v) is 14.4. The molecule has 3 saturated heterocycles. The summed E-state index contributed by atoms with van der Waals surface area (Å²) in [5.74, 6) is -0.767. The maximum Gasteiger partial charge on any atom is 0.416 e. The van der Waals surface area contributed by atoms with Crippen LogP contribution >= 0.6 is 0 Å². The Bertz CT molecular complexity index is 1300. The molecular formula is C31H33F7N2O3. The number of piperidine rings is 2. The van der Waals surface area contributed by atoms with E-state index in [1.165, 1.54) is 26.0 Å². The Morgan fingerprint density at radius 3 is 2.05 bits per heavy atom. The van der Waals surface area contributed by atoms with Crippen LogP contribution in [-0.2, 0) is 26.7 Å². The molecule has 2 amide bonds. The molecule has 5 nitrogen and oxygen atoms in total. The fraction of sp³-hybridized carbons (Fsp3) is 0.548. The summed E-state index contributed by atoms with van der Waals surface area (Å²) in [6.07, 6.45) is -9.46. The van der Waals surface area contributed by atoms with Crippen LogP contribution in [0.3, 0.4) is 0 Å². The molecule has 5 atom stereocenters. The van der Waals surface area contributed by atoms with Gasteiger partial charge in [0, 0.05) is 44.9 Å². The second-order valence-electron chi connectivity index (χ2n) is 11.9. The lowest BCUT2D eigenvalue weighted by molar-refractivity contribution is -0.143. The molecule has 0 spiro atoms. The van der Waals surface area contributed by atoms with Crippen molar-refractivity contribution in [2.24, 2.45) is 11.8 Å². The van der Waals surface area contributed by atoms with E-state index in [4.69, 9.17) is 4.74 Å². The molecule has 0 radical (unpaired) electrons. The molecule has 2 aromatic carbocycles. The van der Waals surface area contributed by atoms with E-state index in [-0.39, 0.29) is 47.9 Å². The summed E-state index contributed by atoms with van der Waals surface area (Å²) in [5, 5.41) is 0. The molecule has 3 fully saturated rings. The Balaban J connectivity index is 1.43. The lowest BCUT2D eigenvalue weighted by Gasteiger charge is -2.42. The van der Waals surface area contributed by atoms with Crippen LogP contribution in [0.1, 0.15) is 73.8 Å². The molecule has 12 heteroatoms. The minimum absolute atomic E-state index is 0.00810. The first-order chi connectivity index (χ1) is 20.1. The predicted octanol–water partition coefficient (Wildman–Crippen LogP) is 6.97. The number of amides is 2. The van der Waals surface area contributed by atoms with Gasteiger partial charge in [0.15, 0.2) is 0 Å². The van der Waals surface area contributed by atoms with Crippen LogP contribution in [0, 0.1) is 17.7 Å². The van der Waals surface area contributed by atoms with E-state index < -0.39 is 47.4 Å². The standard InChI is InChI=1S/C31H33F7N2O3/c1-17(21-11-23(30(33,34)35)15-24(12-21)31(36,37)38)43-27-16-40-26(29(27)20-3-5-25(32)6-4-20)13-22(14-28(40)42)19-7-9-39(10-8-19)18(2)41/h3-6,11-12,15,17,19,22,26-27,29H,7-10,13-14,16H2,1-2H3/t17-,22?,26+,27+,29+/m1/s1. The van der Waals surface area contributed by atoms with Gasteiger partial charge in [0.25, 0.3) is 0 Å². The Morgan fingerprint density at radius 2 is 1.51 bits per heavy atom. The van der Waals surface area contributed by atoms with Crippen LogP contribution in [0.4, 0.5) is 30.7 Å². The van der Waals surface area contributed by atoms with Crippen LogP contribution < -0.4 is 0 Å². The van der Waals surface area contributed by atoms with Crippen molar-refractivity contribution in [3.63, 3.8) is 0 Å². The summed E-state index contributed by atoms with van der Waals surface area (Å²) >= 11 is 0. The molecule has 0 N–H and O–H groups in total. The monoisotopic (exact) mass is 614 g/mol. The number of carbonyl (C=O) groups is 2. The normalized spacial score (nSPS) is 26.0. The molecule has 1 unspecified atom stereocenters. The SMILES string of the molecule is CC(=O)N1CCC(C2CC(=O)N3C[C@H](O[C@H](C)c4cc(C(F)(F)F)cc(C(F)(F)F)c4)[C@@H](c4ccc(F)cc4)[C@@H]3C2)CC1. The topological polar surface area (TPSA) is 49.9 Å². The summed E-state index contributed by atoms with van der Waals surface area (Å²) in [7, 11) is 0. The first-order valence-electron chi connectivity index (χ1n) is 14.4. The van der Waals surface area contributed by atoms with Gasteiger partial charge >= 0.3 is 12.4 Å². The maximum absolute atomic E-state index is 13.9. The van der Waals surface area contributed by atoms with Gasteiger partial charge in [-0.3, -0.25) is 9.59 Å². The van der Waals surface area contributed by atoms with Gasteiger partial charge in [-0.15, -0.1) is 0 Å². The Kier molecular flexibility index (Phi) is 8.54. The number of rotatable bonds is 5. The number of halogens is 7. The third kappa shape index (κ3) is 6.68. The van der Waals surface area contributed by atoms with E-state index >= 15 is 0 Å². The summed E-state index contributed by atoms with van der Waals surface area (Å²) in [6, 6.07) is 6.76. The Morgan fingerprint density at radius 1 is 0.930 bits per heavy atom. The number of fused-ring (bicyclic) bond motifs is 1. The highest BCUT2D eigenvalue weighted by molar-refractivity contribution is 5.78. The van der Waals surface area contributed by atoms with Crippen molar-refractivity contribution >= 4 is 11.8 Å². The maximum atomic E-state index is 13.9. The Labute approximate surface area is 245 Å². The number of benzene rings is 2. The van der Waals surface area contributed by atoms with Crippen LogP contribution in [-0.4, -0.2) is 53.4 Å². The molecule has 0 bridgehead atoms. The molecule has 0 aromatic heterocycles. The minimum atomic E-state index is -5.00. The zero-order valence-corrected chi connectivity index (χ0v) is 23.7. The van der Waals surface area contributed by atoms with E-state index in [1.807, 2.05) is 0 Å². The van der Waals surface area contributed by atoms with Crippen molar-refractivity contribution < 1.29 is 45.1 Å². The molecule has 5 rings (SSSR count). The lowest BCUT2D eigenvalue weighted by atomic mass is 9.74. The van der Waals surface area contributed by atoms with E-state index in [9.17, 15) is 40.3 Å². The second-order valence-corrected chi connectivity index (χ2v) is 11.9. The third-order valence-electron chi connectivity index (χ3n) is 9.26. The van der Waals surface area contributed by atoms with Crippen molar-refractivity contribution in [1.82, 2.24) is 9.80 Å². The number of nitrogens with zero attached hydrogens (tertiary/aromatic N) is 2. The van der Waals surface area contributed by atoms with Crippen LogP contribution in [0.25, 0.3) is 0 Å². The highest BCUT2D eigenvalue weighted by atomic mass is 19.4. The van der Waals surface area contributed by atoms with Crippen LogP contribution in [0.2, 0.25) is 0 Å². The van der Waals surface area contributed by atoms with Gasteiger partial charge in [-0.25, -0.2) is 4.39 Å². The predicted molar refractivity (Wildman–Crippen MR) is 142 cm³/mol. The third-order valence-corrected chi connectivity index (χ3v) is 9.26. The molecule has 3 aliphatic heterocycles. The summed E-state index contributed by atoms with van der Waals surface area (Å²) < 4.78 is 101. The summed E-state index contributed by atoms with van der Waals surface area (Å²) in [4.78, 5) is 28.7. The van der Waals surface area contributed by atoms with Gasteiger partial charge < -0.3 is 14.5 Å². The van der Waals surface area contributed by atoms with Gasteiger partial charge in [-0.05, 0) is 79.5 Å². The lowest BCUT2D eigenvalue weighted by Crippen LogP contribution is -2.47. The van der Waals surface area contributed by atoms with Crippen molar-refractivity contribution in [2.45, 2.75) is 76.1 Å². The minimum Gasteiger partial charge on any atom is -0.368 e. The number of hydrogen-bond donors (Lipinski definition) is 0. The van der Waals surface area contributed by atoms with Gasteiger partial charge in [-0.2, -0.15) is 26.3 Å². The Hall–Kier alpha value is -3.15. The van der Waals surface area contributed by atoms with Crippen molar-refractivity contribution in [3.05, 3.63) is 70.5 Å². The van der Waals surface area contributed by atoms with Crippen molar-refractivity contribution in [3.8, 4) is 0 Å². The molecule has 2 aromatic rings. The molecule has 0 saturated carbocycles. The zero-order valence-electron chi connectivity index (χ0n) is 23.7.